The predicted octanol–water partition coefficient (Wildman–Crippen LogP) is 7.14. The van der Waals surface area contributed by atoms with Crippen LogP contribution in [-0.2, 0) is 11.3 Å². The van der Waals surface area contributed by atoms with E-state index < -0.39 is 6.10 Å². The Bertz CT molecular complexity index is 1660. The Morgan fingerprint density at radius 3 is 2.61 bits per heavy atom. The third kappa shape index (κ3) is 7.00. The van der Waals surface area contributed by atoms with E-state index in [0.717, 1.165) is 53.2 Å². The fourth-order valence-electron chi connectivity index (χ4n) is 5.80. The van der Waals surface area contributed by atoms with E-state index in [1.165, 1.54) is 12.0 Å². The predicted molar refractivity (Wildman–Crippen MR) is 180 cm³/mol. The monoisotopic (exact) mass is 636 g/mol. The number of hydrogen-bond donors (Lipinski definition) is 2. The van der Waals surface area contributed by atoms with Crippen LogP contribution >= 0.6 is 23.4 Å². The maximum absolute atomic E-state index is 13.4. The number of fused-ring (bicyclic) bond motifs is 2. The summed E-state index contributed by atoms with van der Waals surface area (Å²) in [6, 6.07) is 11.5. The number of carbonyl (C=O) groups is 1. The van der Waals surface area contributed by atoms with Crippen LogP contribution in [0.25, 0.3) is 15.8 Å². The molecule has 2 aromatic carbocycles. The molecule has 0 spiro atoms. The molecule has 10 heteroatoms. The topological polar surface area (TPSA) is 111 Å². The molecule has 0 bridgehead atoms. The Morgan fingerprint density at radius 1 is 1.16 bits per heavy atom. The molecule has 2 unspecified atom stereocenters. The van der Waals surface area contributed by atoms with Crippen LogP contribution in [0.1, 0.15) is 69.8 Å². The number of amides is 1. The maximum atomic E-state index is 13.4. The number of carbonyl (C=O) groups excluding carboxylic acids is 1. The number of benzene rings is 2. The van der Waals surface area contributed by atoms with Gasteiger partial charge in [-0.25, -0.2) is 9.78 Å². The summed E-state index contributed by atoms with van der Waals surface area (Å²) < 4.78 is 6.55. The van der Waals surface area contributed by atoms with Crippen LogP contribution in [0.4, 0.5) is 10.5 Å². The van der Waals surface area contributed by atoms with Gasteiger partial charge in [-0.15, -0.1) is 0 Å². The van der Waals surface area contributed by atoms with Crippen molar-refractivity contribution >= 4 is 51.0 Å². The summed E-state index contributed by atoms with van der Waals surface area (Å²) in [5.41, 5.74) is 10.6. The summed E-state index contributed by atoms with van der Waals surface area (Å²) in [6.07, 6.45) is 6.79. The molecule has 4 heterocycles. The summed E-state index contributed by atoms with van der Waals surface area (Å²) in [5, 5.41) is 11.9. The van der Waals surface area contributed by atoms with Gasteiger partial charge in [0.1, 0.15) is 12.4 Å². The molecule has 3 aliphatic heterocycles. The molecular formula is C34H41ClN4O4S. The highest BCUT2D eigenvalue weighted by Crippen LogP contribution is 2.44. The molecule has 2 atom stereocenters. The van der Waals surface area contributed by atoms with Gasteiger partial charge in [-0.1, -0.05) is 61.0 Å². The first-order valence-electron chi connectivity index (χ1n) is 15.3. The minimum Gasteiger partial charge on any atom is -0.447 e. The molecule has 2 fully saturated rings. The van der Waals surface area contributed by atoms with E-state index in [-0.39, 0.29) is 17.6 Å². The number of aromatic nitrogens is 2. The second kappa shape index (κ2) is 13.8. The largest absolute Gasteiger partial charge is 0.447 e. The number of allylic oxidation sites excluding steroid dienone is 2. The van der Waals surface area contributed by atoms with Crippen molar-refractivity contribution in [2.75, 3.05) is 18.9 Å². The number of aliphatic hydroxyl groups excluding tert-OH is 1. The van der Waals surface area contributed by atoms with Gasteiger partial charge in [0.05, 0.1) is 29.6 Å². The molecule has 1 amide bonds. The maximum Gasteiger partial charge on any atom is 0.410 e. The number of nitrogen functional groups attached to an aromatic ring is 1. The van der Waals surface area contributed by atoms with Gasteiger partial charge in [0, 0.05) is 32.6 Å². The molecule has 3 N–H and O–H groups in total. The van der Waals surface area contributed by atoms with Crippen molar-refractivity contribution in [3.05, 3.63) is 85.3 Å². The fourth-order valence-corrected chi connectivity index (χ4v) is 7.32. The number of cyclic esters (lactones) is 1. The number of nitrogens with two attached hydrogens (primary N) is 1. The van der Waals surface area contributed by atoms with Crippen LogP contribution in [-0.4, -0.2) is 50.9 Å². The van der Waals surface area contributed by atoms with Gasteiger partial charge in [0.2, 0.25) is 0 Å². The van der Waals surface area contributed by atoms with Crippen LogP contribution < -0.4 is 11.3 Å². The first-order chi connectivity index (χ1) is 21.0. The minimum atomic E-state index is -0.520. The highest BCUT2D eigenvalue weighted by atomic mass is 35.5. The first kappa shape index (κ1) is 32.1. The van der Waals surface area contributed by atoms with Crippen LogP contribution in [0, 0.1) is 12.8 Å². The highest BCUT2D eigenvalue weighted by molar-refractivity contribution is 8.11. The van der Waals surface area contributed by atoms with Crippen molar-refractivity contribution in [1.29, 1.82) is 0 Å². The SMILES string of the molecule is CC1=C(c2cc3nc(C)n(Cc4ccc(Cl)cc4)c(=O)c3cc2N)SC(C(O)C(C)C)=CCC1.O=C1OCC2CCCCN12. The van der Waals surface area contributed by atoms with Crippen LogP contribution in [0.15, 0.2) is 57.7 Å². The highest BCUT2D eigenvalue weighted by Gasteiger charge is 2.34. The Balaban J connectivity index is 0.000000322. The molecule has 8 nitrogen and oxygen atoms in total. The van der Waals surface area contributed by atoms with Gasteiger partial charge in [-0.05, 0) is 81.7 Å². The van der Waals surface area contributed by atoms with E-state index in [1.54, 1.807) is 22.4 Å². The van der Waals surface area contributed by atoms with E-state index in [4.69, 9.17) is 27.1 Å². The summed E-state index contributed by atoms with van der Waals surface area (Å²) in [7, 11) is 0. The summed E-state index contributed by atoms with van der Waals surface area (Å²) in [5.74, 6) is 0.758. The first-order valence-corrected chi connectivity index (χ1v) is 16.5. The zero-order valence-electron chi connectivity index (χ0n) is 25.8. The number of halogens is 1. The number of piperidine rings is 1. The van der Waals surface area contributed by atoms with Crippen molar-refractivity contribution in [2.24, 2.45) is 5.92 Å². The van der Waals surface area contributed by atoms with Gasteiger partial charge in [-0.2, -0.15) is 0 Å². The lowest BCUT2D eigenvalue weighted by Gasteiger charge is -2.25. The summed E-state index contributed by atoms with van der Waals surface area (Å²) in [4.78, 5) is 32.9. The lowest BCUT2D eigenvalue weighted by Crippen LogP contribution is -2.37. The fraction of sp³-hybridized carbons (Fsp3) is 0.441. The van der Waals surface area contributed by atoms with Crippen LogP contribution in [0.3, 0.4) is 0 Å². The Labute approximate surface area is 267 Å². The van der Waals surface area contributed by atoms with E-state index in [1.807, 2.05) is 56.0 Å². The zero-order valence-corrected chi connectivity index (χ0v) is 27.4. The zero-order chi connectivity index (χ0) is 31.5. The number of hydrogen-bond acceptors (Lipinski definition) is 7. The number of aliphatic hydroxyl groups is 1. The number of anilines is 1. The number of ether oxygens (including phenoxy) is 1. The second-order valence-electron chi connectivity index (χ2n) is 12.1. The molecule has 44 heavy (non-hydrogen) atoms. The van der Waals surface area contributed by atoms with Crippen LogP contribution in [0.5, 0.6) is 0 Å². The number of aryl methyl sites for hydroxylation is 1. The van der Waals surface area contributed by atoms with E-state index >= 15 is 0 Å². The molecule has 1 aromatic heterocycles. The molecule has 234 valence electrons. The average molecular weight is 637 g/mol. The van der Waals surface area contributed by atoms with Crippen LogP contribution in [0.2, 0.25) is 5.02 Å². The molecule has 3 aliphatic rings. The third-order valence-electron chi connectivity index (χ3n) is 8.47. The average Bonchev–Trinajstić information content (AvgIpc) is 3.27. The Hall–Kier alpha value is -3.27. The van der Waals surface area contributed by atoms with Gasteiger partial charge >= 0.3 is 6.09 Å². The van der Waals surface area contributed by atoms with E-state index in [9.17, 15) is 14.7 Å². The van der Waals surface area contributed by atoms with E-state index in [0.29, 0.717) is 46.6 Å². The quantitative estimate of drug-likeness (QED) is 0.286. The van der Waals surface area contributed by atoms with Crippen molar-refractivity contribution in [2.45, 2.75) is 78.5 Å². The summed E-state index contributed by atoms with van der Waals surface area (Å²) >= 11 is 7.57. The lowest BCUT2D eigenvalue weighted by atomic mass is 10.0. The second-order valence-corrected chi connectivity index (χ2v) is 13.6. The van der Waals surface area contributed by atoms with Crippen molar-refractivity contribution < 1.29 is 14.6 Å². The van der Waals surface area contributed by atoms with Gasteiger partial charge < -0.3 is 20.5 Å². The summed E-state index contributed by atoms with van der Waals surface area (Å²) in [6.45, 7) is 9.92. The number of thioether (sulfide) groups is 1. The Kier molecular flexibility index (Phi) is 10.1. The van der Waals surface area contributed by atoms with Crippen molar-refractivity contribution in [3.8, 4) is 0 Å². The van der Waals surface area contributed by atoms with Gasteiger partial charge in [0.25, 0.3) is 5.56 Å². The molecule has 0 radical (unpaired) electrons. The number of nitrogens with zero attached hydrogens (tertiary/aromatic N) is 3. The number of rotatable bonds is 5. The molecule has 0 aliphatic carbocycles. The Morgan fingerprint density at radius 2 is 1.91 bits per heavy atom. The molecular weight excluding hydrogens is 596 g/mol. The smallest absolute Gasteiger partial charge is 0.410 e. The molecule has 2 saturated heterocycles. The minimum absolute atomic E-state index is 0.107. The van der Waals surface area contributed by atoms with Gasteiger partial charge in [0.15, 0.2) is 0 Å². The van der Waals surface area contributed by atoms with Crippen molar-refractivity contribution in [3.63, 3.8) is 0 Å². The van der Waals surface area contributed by atoms with E-state index in [2.05, 4.69) is 13.0 Å². The molecule has 6 rings (SSSR count). The lowest BCUT2D eigenvalue weighted by molar-refractivity contribution is 0.154. The van der Waals surface area contributed by atoms with Crippen molar-refractivity contribution in [1.82, 2.24) is 14.5 Å². The standard InChI is InChI=1S/C27H30ClN3O2S.C7H11NO2/c1-15(2)25(32)24-7-5-6-16(3)26(34-24)20-13-23-21(12-22(20)29)27(33)31(17(4)30-23)14-18-8-10-19(28)11-9-18;9-7-8-4-2-1-3-6(8)5-10-7/h7-13,15,25,32H,5-6,14,29H2,1-4H3;6H,1-5H2. The molecule has 0 saturated carbocycles. The van der Waals surface area contributed by atoms with Gasteiger partial charge in [-0.3, -0.25) is 9.36 Å². The molecule has 3 aromatic rings. The normalized spacial score (nSPS) is 19.2. The third-order valence-corrected chi connectivity index (χ3v) is 10.1.